The number of aryl methyl sites for hydroxylation is 1. The Balaban J connectivity index is 1.45. The van der Waals surface area contributed by atoms with Crippen molar-refractivity contribution in [3.63, 3.8) is 0 Å². The van der Waals surface area contributed by atoms with E-state index in [0.717, 1.165) is 76.0 Å². The smallest absolute Gasteiger partial charge is 0.193 e. The highest BCUT2D eigenvalue weighted by Gasteiger charge is 2.32. The molecule has 0 saturated carbocycles. The number of benzene rings is 1. The van der Waals surface area contributed by atoms with Gasteiger partial charge in [0.2, 0.25) is 0 Å². The summed E-state index contributed by atoms with van der Waals surface area (Å²) in [5.74, 6) is 2.54. The number of guanidine groups is 1. The summed E-state index contributed by atoms with van der Waals surface area (Å²) >= 11 is 0. The van der Waals surface area contributed by atoms with E-state index >= 15 is 0 Å². The molecular formula is C22H35N3O4. The zero-order chi connectivity index (χ0) is 20.5. The third kappa shape index (κ3) is 6.00. The Morgan fingerprint density at radius 1 is 1.24 bits per heavy atom. The van der Waals surface area contributed by atoms with Gasteiger partial charge >= 0.3 is 0 Å². The molecule has 2 aliphatic rings. The molecule has 29 heavy (non-hydrogen) atoms. The maximum absolute atomic E-state index is 5.95. The first-order valence-electron chi connectivity index (χ1n) is 10.7. The Labute approximate surface area is 174 Å². The van der Waals surface area contributed by atoms with Gasteiger partial charge in [0.25, 0.3) is 0 Å². The van der Waals surface area contributed by atoms with Gasteiger partial charge < -0.3 is 29.2 Å². The normalized spacial score (nSPS) is 22.6. The minimum Gasteiger partial charge on any atom is -0.493 e. The Kier molecular flexibility index (Phi) is 8.43. The number of methoxy groups -OCH3 is 1. The van der Waals surface area contributed by atoms with Crippen molar-refractivity contribution in [3.05, 3.63) is 23.8 Å². The van der Waals surface area contributed by atoms with Gasteiger partial charge in [0, 0.05) is 33.3 Å². The van der Waals surface area contributed by atoms with Gasteiger partial charge in [0.1, 0.15) is 6.10 Å². The van der Waals surface area contributed by atoms with E-state index in [9.17, 15) is 0 Å². The van der Waals surface area contributed by atoms with Crippen LogP contribution in [0.25, 0.3) is 0 Å². The summed E-state index contributed by atoms with van der Waals surface area (Å²) in [7, 11) is 3.51. The average molecular weight is 406 g/mol. The molecule has 2 unspecified atom stereocenters. The topological polar surface area (TPSA) is 64.6 Å². The molecule has 162 valence electrons. The number of rotatable bonds is 8. The predicted octanol–water partition coefficient (Wildman–Crippen LogP) is 2.48. The SMILES string of the molecule is CCOc1cc(CCCNC(=NC)N2CCOC(C3CCCO3)C2)ccc1OC. The first-order chi connectivity index (χ1) is 14.2. The van der Waals surface area contributed by atoms with Crippen LogP contribution in [0.2, 0.25) is 0 Å². The van der Waals surface area contributed by atoms with E-state index in [2.05, 4.69) is 27.3 Å². The van der Waals surface area contributed by atoms with Gasteiger partial charge in [-0.15, -0.1) is 0 Å². The molecular weight excluding hydrogens is 370 g/mol. The molecule has 0 amide bonds. The number of morpholine rings is 1. The van der Waals surface area contributed by atoms with Gasteiger partial charge in [-0.05, 0) is 50.3 Å². The first kappa shape index (κ1) is 21.7. The van der Waals surface area contributed by atoms with E-state index in [4.69, 9.17) is 18.9 Å². The maximum Gasteiger partial charge on any atom is 0.193 e. The Bertz CT molecular complexity index is 661. The number of nitrogens with zero attached hydrogens (tertiary/aromatic N) is 2. The second kappa shape index (κ2) is 11.3. The van der Waals surface area contributed by atoms with Crippen LogP contribution in [0.1, 0.15) is 31.7 Å². The van der Waals surface area contributed by atoms with Crippen LogP contribution in [-0.4, -0.2) is 76.7 Å². The second-order valence-electron chi connectivity index (χ2n) is 7.40. The molecule has 2 saturated heterocycles. The monoisotopic (exact) mass is 405 g/mol. The van der Waals surface area contributed by atoms with Crippen LogP contribution < -0.4 is 14.8 Å². The average Bonchev–Trinajstić information content (AvgIpc) is 3.29. The molecule has 0 bridgehead atoms. The van der Waals surface area contributed by atoms with Crippen molar-refractivity contribution in [1.82, 2.24) is 10.2 Å². The lowest BCUT2D eigenvalue weighted by Gasteiger charge is -2.37. The third-order valence-corrected chi connectivity index (χ3v) is 5.44. The molecule has 0 aromatic heterocycles. The van der Waals surface area contributed by atoms with Crippen molar-refractivity contribution in [2.24, 2.45) is 4.99 Å². The van der Waals surface area contributed by atoms with E-state index in [-0.39, 0.29) is 12.2 Å². The highest BCUT2D eigenvalue weighted by molar-refractivity contribution is 5.80. The molecule has 1 aromatic rings. The van der Waals surface area contributed by atoms with Gasteiger partial charge in [-0.3, -0.25) is 4.99 Å². The second-order valence-corrected chi connectivity index (χ2v) is 7.40. The van der Waals surface area contributed by atoms with Gasteiger partial charge in [-0.2, -0.15) is 0 Å². The minimum absolute atomic E-state index is 0.140. The Morgan fingerprint density at radius 3 is 2.83 bits per heavy atom. The van der Waals surface area contributed by atoms with Gasteiger partial charge in [-0.1, -0.05) is 6.07 Å². The minimum atomic E-state index is 0.140. The molecule has 2 aliphatic heterocycles. The lowest BCUT2D eigenvalue weighted by atomic mass is 10.1. The van der Waals surface area contributed by atoms with Gasteiger partial charge in [0.15, 0.2) is 17.5 Å². The Morgan fingerprint density at radius 2 is 2.10 bits per heavy atom. The molecule has 0 aliphatic carbocycles. The van der Waals surface area contributed by atoms with Crippen LogP contribution in [0.5, 0.6) is 11.5 Å². The largest absolute Gasteiger partial charge is 0.493 e. The standard InChI is InChI=1S/C22H35N3O4/c1-4-27-20-15-17(9-10-18(20)26-3)7-5-11-24-22(23-2)25-12-14-29-21(16-25)19-8-6-13-28-19/h9-10,15,19,21H,4-8,11-14,16H2,1-3H3,(H,23,24). The number of hydrogen-bond donors (Lipinski definition) is 1. The lowest BCUT2D eigenvalue weighted by Crippen LogP contribution is -2.53. The first-order valence-corrected chi connectivity index (χ1v) is 10.7. The van der Waals surface area contributed by atoms with Crippen LogP contribution >= 0.6 is 0 Å². The molecule has 7 nitrogen and oxygen atoms in total. The molecule has 2 fully saturated rings. The number of ether oxygens (including phenoxy) is 4. The van der Waals surface area contributed by atoms with Crippen LogP contribution in [0.15, 0.2) is 23.2 Å². The molecule has 0 radical (unpaired) electrons. The number of hydrogen-bond acceptors (Lipinski definition) is 5. The molecule has 1 N–H and O–H groups in total. The molecule has 0 spiro atoms. The van der Waals surface area contributed by atoms with Crippen molar-refractivity contribution in [1.29, 1.82) is 0 Å². The molecule has 1 aromatic carbocycles. The number of nitrogens with one attached hydrogen (secondary N) is 1. The van der Waals surface area contributed by atoms with E-state index in [1.54, 1.807) is 7.11 Å². The van der Waals surface area contributed by atoms with Crippen molar-refractivity contribution in [2.75, 3.05) is 53.6 Å². The predicted molar refractivity (Wildman–Crippen MR) is 114 cm³/mol. The summed E-state index contributed by atoms with van der Waals surface area (Å²) in [6.07, 6.45) is 4.57. The van der Waals surface area contributed by atoms with Crippen molar-refractivity contribution >= 4 is 5.96 Å². The molecule has 2 atom stereocenters. The molecule has 2 heterocycles. The maximum atomic E-state index is 5.95. The molecule has 3 rings (SSSR count). The fourth-order valence-corrected chi connectivity index (χ4v) is 3.96. The highest BCUT2D eigenvalue weighted by Crippen LogP contribution is 2.28. The van der Waals surface area contributed by atoms with Crippen LogP contribution in [-0.2, 0) is 15.9 Å². The summed E-state index contributed by atoms with van der Waals surface area (Å²) in [6, 6.07) is 6.15. The summed E-state index contributed by atoms with van der Waals surface area (Å²) in [5.41, 5.74) is 1.25. The van der Waals surface area contributed by atoms with Crippen molar-refractivity contribution in [3.8, 4) is 11.5 Å². The molecule has 7 heteroatoms. The van der Waals surface area contributed by atoms with E-state index in [1.165, 1.54) is 5.56 Å². The van der Waals surface area contributed by atoms with Crippen LogP contribution in [0.3, 0.4) is 0 Å². The van der Waals surface area contributed by atoms with Crippen LogP contribution in [0.4, 0.5) is 0 Å². The zero-order valence-corrected chi connectivity index (χ0v) is 18.0. The summed E-state index contributed by atoms with van der Waals surface area (Å²) in [6.45, 7) is 6.75. The Hall–Kier alpha value is -1.99. The van der Waals surface area contributed by atoms with Gasteiger partial charge in [0.05, 0.1) is 26.4 Å². The summed E-state index contributed by atoms with van der Waals surface area (Å²) in [4.78, 5) is 6.77. The van der Waals surface area contributed by atoms with Crippen molar-refractivity contribution in [2.45, 2.75) is 44.8 Å². The quantitative estimate of drug-likeness (QED) is 0.407. The fourth-order valence-electron chi connectivity index (χ4n) is 3.96. The van der Waals surface area contributed by atoms with E-state index in [1.807, 2.05) is 20.0 Å². The van der Waals surface area contributed by atoms with Crippen molar-refractivity contribution < 1.29 is 18.9 Å². The fraction of sp³-hybridized carbons (Fsp3) is 0.682. The van der Waals surface area contributed by atoms with E-state index < -0.39 is 0 Å². The number of aliphatic imine (C=N–C) groups is 1. The van der Waals surface area contributed by atoms with Crippen LogP contribution in [0, 0.1) is 0 Å². The summed E-state index contributed by atoms with van der Waals surface area (Å²) < 4.78 is 22.8. The summed E-state index contributed by atoms with van der Waals surface area (Å²) in [5, 5.41) is 3.51. The van der Waals surface area contributed by atoms with Gasteiger partial charge in [-0.25, -0.2) is 0 Å². The van der Waals surface area contributed by atoms with E-state index in [0.29, 0.717) is 6.61 Å². The third-order valence-electron chi connectivity index (χ3n) is 5.44. The highest BCUT2D eigenvalue weighted by atomic mass is 16.5. The zero-order valence-electron chi connectivity index (χ0n) is 18.0. The lowest BCUT2D eigenvalue weighted by molar-refractivity contribution is -0.0816.